The maximum absolute atomic E-state index is 14.8. The number of anilines is 1. The van der Waals surface area contributed by atoms with E-state index in [-0.39, 0.29) is 29.5 Å². The maximum Gasteiger partial charge on any atom is 0.200 e. The fraction of sp³-hybridized carbons (Fsp3) is 0.412. The van der Waals surface area contributed by atoms with Gasteiger partial charge in [-0.25, -0.2) is 31.9 Å². The van der Waals surface area contributed by atoms with Gasteiger partial charge < -0.3 is 0 Å². The molecule has 3 rings (SSSR count). The van der Waals surface area contributed by atoms with E-state index in [0.29, 0.717) is 11.5 Å². The molecule has 0 N–H and O–H groups in total. The van der Waals surface area contributed by atoms with Gasteiger partial charge in [-0.05, 0) is 59.8 Å². The van der Waals surface area contributed by atoms with Gasteiger partial charge in [0.25, 0.3) is 0 Å². The second kappa shape index (κ2) is 13.2. The van der Waals surface area contributed by atoms with Crippen LogP contribution < -0.4 is 4.90 Å². The number of amidine groups is 2. The first-order valence-corrected chi connectivity index (χ1v) is 14.3. The molecule has 0 aliphatic heterocycles. The molecule has 0 aliphatic carbocycles. The lowest BCUT2D eigenvalue weighted by atomic mass is 9.91. The summed E-state index contributed by atoms with van der Waals surface area (Å²) in [5.41, 5.74) is 4.13. The molecule has 0 heterocycles. The summed E-state index contributed by atoms with van der Waals surface area (Å²) < 4.78 is 71.7. The molecule has 0 atom stereocenters. The number of rotatable bonds is 7. The minimum Gasteiger partial charge on any atom is -0.286 e. The van der Waals surface area contributed by atoms with Crippen molar-refractivity contribution in [2.45, 2.75) is 92.9 Å². The SMILES string of the molecule is CC(=Nc1c(C(C)C)cccc1C(C)C)N(C(C)=Nc1c(F)c(F)c(F)c(F)c1F)c1c(C(C)C)cccc1C(C)C. The van der Waals surface area contributed by atoms with Crippen LogP contribution in [0.3, 0.4) is 0 Å². The Morgan fingerprint density at radius 3 is 1.17 bits per heavy atom. The second-order valence-electron chi connectivity index (χ2n) is 11.8. The molecule has 0 bridgehead atoms. The Balaban J connectivity index is 2.47. The quantitative estimate of drug-likeness (QED) is 0.0891. The fourth-order valence-electron chi connectivity index (χ4n) is 5.08. The van der Waals surface area contributed by atoms with E-state index >= 15 is 0 Å². The largest absolute Gasteiger partial charge is 0.286 e. The second-order valence-corrected chi connectivity index (χ2v) is 11.8. The normalized spacial score (nSPS) is 12.8. The summed E-state index contributed by atoms with van der Waals surface area (Å²) in [4.78, 5) is 10.8. The Morgan fingerprint density at radius 2 is 0.810 bits per heavy atom. The Morgan fingerprint density at radius 1 is 0.500 bits per heavy atom. The molecule has 0 spiro atoms. The van der Waals surface area contributed by atoms with E-state index in [1.54, 1.807) is 11.8 Å². The standard InChI is InChI=1S/C34H40F5N3/c1-17(2)23-13-11-14-24(18(3)4)32(23)40-21(9)42(34-25(19(5)6)15-12-16-26(34)20(7)8)22(10)41-33-30(38)28(36)27(35)29(37)31(33)39/h11-20H,1-10H3. The van der Waals surface area contributed by atoms with Crippen molar-refractivity contribution in [3.8, 4) is 0 Å². The zero-order valence-corrected chi connectivity index (χ0v) is 26.0. The third-order valence-corrected chi connectivity index (χ3v) is 7.29. The van der Waals surface area contributed by atoms with Crippen LogP contribution in [0.5, 0.6) is 0 Å². The third kappa shape index (κ3) is 6.42. The summed E-state index contributed by atoms with van der Waals surface area (Å²) in [6.45, 7) is 19.6. The van der Waals surface area contributed by atoms with Crippen LogP contribution >= 0.6 is 0 Å². The Hall–Kier alpha value is -3.55. The smallest absolute Gasteiger partial charge is 0.200 e. The lowest BCUT2D eigenvalue weighted by Gasteiger charge is -2.31. The van der Waals surface area contributed by atoms with Crippen molar-refractivity contribution in [1.82, 2.24) is 0 Å². The first kappa shape index (κ1) is 33.0. The Bertz CT molecular complexity index is 1440. The average molecular weight is 586 g/mol. The molecule has 0 saturated heterocycles. The van der Waals surface area contributed by atoms with Crippen molar-refractivity contribution in [1.29, 1.82) is 0 Å². The first-order valence-electron chi connectivity index (χ1n) is 14.3. The van der Waals surface area contributed by atoms with Gasteiger partial charge in [0.2, 0.25) is 5.82 Å². The molecule has 0 saturated carbocycles. The van der Waals surface area contributed by atoms with E-state index in [4.69, 9.17) is 4.99 Å². The van der Waals surface area contributed by atoms with E-state index < -0.39 is 34.8 Å². The number of benzene rings is 3. The highest BCUT2D eigenvalue weighted by atomic mass is 19.2. The fourth-order valence-corrected chi connectivity index (χ4v) is 5.08. The third-order valence-electron chi connectivity index (χ3n) is 7.29. The van der Waals surface area contributed by atoms with Crippen molar-refractivity contribution in [2.75, 3.05) is 4.90 Å². The van der Waals surface area contributed by atoms with Crippen LogP contribution in [0.4, 0.5) is 39.0 Å². The van der Waals surface area contributed by atoms with Crippen LogP contribution in [0, 0.1) is 29.1 Å². The summed E-state index contributed by atoms with van der Waals surface area (Å²) in [7, 11) is 0. The van der Waals surface area contributed by atoms with Crippen molar-refractivity contribution in [3.05, 3.63) is 87.7 Å². The molecule has 226 valence electrons. The minimum absolute atomic E-state index is 0.00239. The van der Waals surface area contributed by atoms with E-state index in [9.17, 15) is 22.0 Å². The van der Waals surface area contributed by atoms with Gasteiger partial charge in [0.15, 0.2) is 23.3 Å². The maximum atomic E-state index is 14.8. The summed E-state index contributed by atoms with van der Waals surface area (Å²) in [6, 6.07) is 11.9. The summed E-state index contributed by atoms with van der Waals surface area (Å²) in [6.07, 6.45) is 0. The van der Waals surface area contributed by atoms with E-state index in [2.05, 4.69) is 32.7 Å². The zero-order valence-electron chi connectivity index (χ0n) is 26.0. The highest BCUT2D eigenvalue weighted by Crippen LogP contribution is 2.39. The molecule has 0 fully saturated rings. The lowest BCUT2D eigenvalue weighted by molar-refractivity contribution is 0.381. The summed E-state index contributed by atoms with van der Waals surface area (Å²) >= 11 is 0. The topological polar surface area (TPSA) is 28.0 Å². The Kier molecular flexibility index (Phi) is 10.3. The molecule has 0 unspecified atom stereocenters. The Labute approximate surface area is 246 Å². The van der Waals surface area contributed by atoms with Crippen molar-refractivity contribution < 1.29 is 22.0 Å². The molecule has 3 aromatic rings. The average Bonchev–Trinajstić information content (AvgIpc) is 2.92. The van der Waals surface area contributed by atoms with E-state index in [0.717, 1.165) is 27.9 Å². The number of hydrogen-bond donors (Lipinski definition) is 0. The van der Waals surface area contributed by atoms with Crippen LogP contribution in [0.15, 0.2) is 46.4 Å². The molecule has 8 heteroatoms. The van der Waals surface area contributed by atoms with Gasteiger partial charge in [-0.1, -0.05) is 91.8 Å². The van der Waals surface area contributed by atoms with Crippen LogP contribution in [-0.2, 0) is 0 Å². The van der Waals surface area contributed by atoms with Crippen molar-refractivity contribution in [3.63, 3.8) is 0 Å². The number of halogens is 5. The van der Waals surface area contributed by atoms with E-state index in [1.807, 2.05) is 64.1 Å². The van der Waals surface area contributed by atoms with Gasteiger partial charge in [0.1, 0.15) is 17.4 Å². The molecule has 3 aromatic carbocycles. The predicted molar refractivity (Wildman–Crippen MR) is 163 cm³/mol. The van der Waals surface area contributed by atoms with E-state index in [1.165, 1.54) is 6.92 Å². The van der Waals surface area contributed by atoms with Crippen LogP contribution in [0.2, 0.25) is 0 Å². The number of para-hydroxylation sites is 2. The molecule has 0 aromatic heterocycles. The number of nitrogens with zero attached hydrogens (tertiary/aromatic N) is 3. The van der Waals surface area contributed by atoms with Crippen LogP contribution in [0.25, 0.3) is 0 Å². The van der Waals surface area contributed by atoms with Gasteiger partial charge in [0.05, 0.1) is 11.4 Å². The molecular formula is C34H40F5N3. The van der Waals surface area contributed by atoms with Gasteiger partial charge in [0, 0.05) is 0 Å². The number of hydrogen-bond acceptors (Lipinski definition) is 2. The van der Waals surface area contributed by atoms with Gasteiger partial charge in [-0.2, -0.15) is 0 Å². The molecule has 0 radical (unpaired) electrons. The van der Waals surface area contributed by atoms with Gasteiger partial charge in [-0.3, -0.25) is 4.90 Å². The molecule has 42 heavy (non-hydrogen) atoms. The number of aliphatic imine (C=N–C) groups is 2. The van der Waals surface area contributed by atoms with Crippen molar-refractivity contribution >= 4 is 28.7 Å². The summed E-state index contributed by atoms with van der Waals surface area (Å²) in [5.74, 6) is -9.49. The lowest BCUT2D eigenvalue weighted by Crippen LogP contribution is -2.35. The summed E-state index contributed by atoms with van der Waals surface area (Å²) in [5, 5.41) is 0. The highest BCUT2D eigenvalue weighted by molar-refractivity contribution is 6.19. The monoisotopic (exact) mass is 585 g/mol. The molecule has 0 aliphatic rings. The van der Waals surface area contributed by atoms with Crippen molar-refractivity contribution in [2.24, 2.45) is 9.98 Å². The van der Waals surface area contributed by atoms with Gasteiger partial charge >= 0.3 is 0 Å². The first-order chi connectivity index (χ1) is 19.6. The highest BCUT2D eigenvalue weighted by Gasteiger charge is 2.29. The van der Waals surface area contributed by atoms with Crippen LogP contribution in [0.1, 0.15) is 115 Å². The van der Waals surface area contributed by atoms with Gasteiger partial charge in [-0.15, -0.1) is 0 Å². The molecule has 3 nitrogen and oxygen atoms in total. The predicted octanol–water partition coefficient (Wildman–Crippen LogP) is 11.2. The van der Waals surface area contributed by atoms with Crippen LogP contribution in [-0.4, -0.2) is 11.7 Å². The molecular weight excluding hydrogens is 545 g/mol. The zero-order chi connectivity index (χ0) is 31.6. The molecule has 0 amide bonds. The minimum atomic E-state index is -2.23.